The second-order valence-electron chi connectivity index (χ2n) is 5.66. The zero-order valence-electron chi connectivity index (χ0n) is 13.6. The Morgan fingerprint density at radius 2 is 2.26 bits per heavy atom. The van der Waals surface area contributed by atoms with Gasteiger partial charge in [-0.25, -0.2) is 0 Å². The molecule has 1 aromatic rings. The van der Waals surface area contributed by atoms with Gasteiger partial charge >= 0.3 is 0 Å². The molecule has 1 aromatic carbocycles. The molecule has 6 nitrogen and oxygen atoms in total. The summed E-state index contributed by atoms with van der Waals surface area (Å²) in [6, 6.07) is 5.94. The molecule has 1 fully saturated rings. The topological polar surface area (TPSA) is 55.3 Å². The average Bonchev–Trinajstić information content (AvgIpc) is 3.19. The Labute approximate surface area is 154 Å². The van der Waals surface area contributed by atoms with E-state index in [4.69, 9.17) is 14.2 Å². The largest absolute Gasteiger partial charge is 0.454 e. The monoisotopic (exact) mass is 433 g/mol. The van der Waals surface area contributed by atoms with Crippen LogP contribution in [0.3, 0.4) is 0 Å². The molecular weight excluding hydrogens is 409 g/mol. The van der Waals surface area contributed by atoms with Gasteiger partial charge in [0.25, 0.3) is 0 Å². The molecule has 0 aromatic heterocycles. The number of rotatable bonds is 4. The Kier molecular flexibility index (Phi) is 6.76. The van der Waals surface area contributed by atoms with Crippen molar-refractivity contribution in [2.24, 2.45) is 10.9 Å². The number of guanidine groups is 1. The fourth-order valence-electron chi connectivity index (χ4n) is 2.89. The van der Waals surface area contributed by atoms with Crippen molar-refractivity contribution >= 4 is 29.9 Å². The number of fused-ring (bicyclic) bond motifs is 1. The number of para-hydroxylation sites is 1. The van der Waals surface area contributed by atoms with Crippen LogP contribution in [-0.2, 0) is 11.3 Å². The number of hydrogen-bond donors (Lipinski definition) is 1. The Balaban J connectivity index is 0.00000192. The van der Waals surface area contributed by atoms with Gasteiger partial charge < -0.3 is 24.4 Å². The molecule has 0 saturated carbocycles. The lowest BCUT2D eigenvalue weighted by Gasteiger charge is -2.24. The van der Waals surface area contributed by atoms with Crippen molar-refractivity contribution in [3.05, 3.63) is 23.8 Å². The fraction of sp³-hybridized carbons (Fsp3) is 0.562. The summed E-state index contributed by atoms with van der Waals surface area (Å²) < 4.78 is 16.4. The highest BCUT2D eigenvalue weighted by molar-refractivity contribution is 14.0. The van der Waals surface area contributed by atoms with Gasteiger partial charge in [-0.2, -0.15) is 0 Å². The third-order valence-electron chi connectivity index (χ3n) is 4.04. The van der Waals surface area contributed by atoms with Crippen molar-refractivity contribution in [3.8, 4) is 11.5 Å². The molecule has 0 radical (unpaired) electrons. The van der Waals surface area contributed by atoms with Crippen molar-refractivity contribution in [2.75, 3.05) is 40.6 Å². The fourth-order valence-corrected chi connectivity index (χ4v) is 2.89. The molecule has 128 valence electrons. The average molecular weight is 433 g/mol. The molecule has 0 amide bonds. The number of nitrogens with one attached hydrogen (secondary N) is 1. The highest BCUT2D eigenvalue weighted by atomic mass is 127. The van der Waals surface area contributed by atoms with Gasteiger partial charge in [-0.05, 0) is 12.5 Å². The van der Waals surface area contributed by atoms with Crippen LogP contribution in [0.25, 0.3) is 0 Å². The molecule has 23 heavy (non-hydrogen) atoms. The molecule has 3 rings (SSSR count). The first-order chi connectivity index (χ1) is 10.8. The number of ether oxygens (including phenoxy) is 3. The second-order valence-corrected chi connectivity index (χ2v) is 5.66. The minimum absolute atomic E-state index is 0. The highest BCUT2D eigenvalue weighted by Gasteiger charge is 2.20. The van der Waals surface area contributed by atoms with E-state index in [0.717, 1.165) is 49.2 Å². The summed E-state index contributed by atoms with van der Waals surface area (Å²) in [5, 5.41) is 3.39. The summed E-state index contributed by atoms with van der Waals surface area (Å²) in [5.74, 6) is 3.10. The number of aliphatic imine (C=N–C) groups is 1. The minimum Gasteiger partial charge on any atom is -0.454 e. The molecule has 1 unspecified atom stereocenters. The molecule has 0 spiro atoms. The van der Waals surface area contributed by atoms with Crippen molar-refractivity contribution in [3.63, 3.8) is 0 Å². The van der Waals surface area contributed by atoms with Gasteiger partial charge in [0.15, 0.2) is 17.5 Å². The molecule has 1 atom stereocenters. The maximum atomic E-state index is 5.53. The van der Waals surface area contributed by atoms with Crippen molar-refractivity contribution in [2.45, 2.75) is 13.0 Å². The van der Waals surface area contributed by atoms with E-state index in [-0.39, 0.29) is 24.0 Å². The van der Waals surface area contributed by atoms with Crippen LogP contribution in [0.2, 0.25) is 0 Å². The maximum absolute atomic E-state index is 5.53. The summed E-state index contributed by atoms with van der Waals surface area (Å²) >= 11 is 0. The van der Waals surface area contributed by atoms with E-state index in [1.54, 1.807) is 7.05 Å². The molecule has 2 heterocycles. The SMILES string of the molecule is CN=C(NCc1cccc2c1OCO2)N(C)CC1CCOC1.I. The Hall–Kier alpha value is -1.22. The normalized spacial score (nSPS) is 19.4. The quantitative estimate of drug-likeness (QED) is 0.448. The maximum Gasteiger partial charge on any atom is 0.231 e. The zero-order chi connectivity index (χ0) is 15.4. The van der Waals surface area contributed by atoms with E-state index in [9.17, 15) is 0 Å². The van der Waals surface area contributed by atoms with Crippen molar-refractivity contribution in [1.29, 1.82) is 0 Å². The Morgan fingerprint density at radius 1 is 1.39 bits per heavy atom. The first kappa shape index (κ1) is 18.1. The zero-order valence-corrected chi connectivity index (χ0v) is 15.9. The lowest BCUT2D eigenvalue weighted by molar-refractivity contribution is 0.173. The summed E-state index contributed by atoms with van der Waals surface area (Å²) in [6.45, 7) is 3.62. The van der Waals surface area contributed by atoms with E-state index in [1.807, 2.05) is 18.2 Å². The number of halogens is 1. The molecule has 0 aliphatic carbocycles. The van der Waals surface area contributed by atoms with Gasteiger partial charge in [-0.15, -0.1) is 24.0 Å². The summed E-state index contributed by atoms with van der Waals surface area (Å²) in [7, 11) is 3.86. The lowest BCUT2D eigenvalue weighted by Crippen LogP contribution is -2.41. The molecule has 1 saturated heterocycles. The highest BCUT2D eigenvalue weighted by Crippen LogP contribution is 2.35. The molecule has 2 aliphatic heterocycles. The number of hydrogen-bond acceptors (Lipinski definition) is 4. The van der Waals surface area contributed by atoms with E-state index < -0.39 is 0 Å². The smallest absolute Gasteiger partial charge is 0.231 e. The van der Waals surface area contributed by atoms with Gasteiger partial charge in [0.1, 0.15) is 0 Å². The number of benzene rings is 1. The Bertz CT molecular complexity index is 547. The first-order valence-electron chi connectivity index (χ1n) is 7.65. The summed E-state index contributed by atoms with van der Waals surface area (Å²) in [4.78, 5) is 6.51. The second kappa shape index (κ2) is 8.58. The third-order valence-corrected chi connectivity index (χ3v) is 4.04. The van der Waals surface area contributed by atoms with Gasteiger partial charge in [-0.1, -0.05) is 12.1 Å². The van der Waals surface area contributed by atoms with Crippen LogP contribution in [0.15, 0.2) is 23.2 Å². The van der Waals surface area contributed by atoms with E-state index >= 15 is 0 Å². The summed E-state index contributed by atoms with van der Waals surface area (Å²) in [6.07, 6.45) is 1.12. The van der Waals surface area contributed by atoms with Crippen LogP contribution in [0.4, 0.5) is 0 Å². The Morgan fingerprint density at radius 3 is 3.00 bits per heavy atom. The van der Waals surface area contributed by atoms with Crippen LogP contribution in [-0.4, -0.2) is 51.5 Å². The summed E-state index contributed by atoms with van der Waals surface area (Å²) in [5.41, 5.74) is 1.08. The van der Waals surface area contributed by atoms with Crippen LogP contribution in [0, 0.1) is 5.92 Å². The van der Waals surface area contributed by atoms with E-state index in [0.29, 0.717) is 19.3 Å². The lowest BCUT2D eigenvalue weighted by atomic mass is 10.1. The van der Waals surface area contributed by atoms with Crippen LogP contribution < -0.4 is 14.8 Å². The predicted octanol–water partition coefficient (Wildman–Crippen LogP) is 2.08. The van der Waals surface area contributed by atoms with Crippen LogP contribution in [0.1, 0.15) is 12.0 Å². The predicted molar refractivity (Wildman–Crippen MR) is 99.7 cm³/mol. The minimum atomic E-state index is 0. The van der Waals surface area contributed by atoms with Crippen molar-refractivity contribution < 1.29 is 14.2 Å². The van der Waals surface area contributed by atoms with E-state index in [1.165, 1.54) is 0 Å². The molecule has 2 aliphatic rings. The molecule has 7 heteroatoms. The van der Waals surface area contributed by atoms with Gasteiger partial charge in [0.2, 0.25) is 6.79 Å². The standard InChI is InChI=1S/C16H23N3O3.HI/c1-17-16(19(2)9-12-6-7-20-10-12)18-8-13-4-3-5-14-15(13)22-11-21-14;/h3-5,12H,6-11H2,1-2H3,(H,17,18);1H. The van der Waals surface area contributed by atoms with Gasteiger partial charge in [-0.3, -0.25) is 4.99 Å². The van der Waals surface area contributed by atoms with Crippen LogP contribution >= 0.6 is 24.0 Å². The van der Waals surface area contributed by atoms with Gasteiger partial charge in [0.05, 0.1) is 6.61 Å². The first-order valence-corrected chi connectivity index (χ1v) is 7.65. The van der Waals surface area contributed by atoms with Gasteiger partial charge in [0, 0.05) is 45.3 Å². The van der Waals surface area contributed by atoms with Crippen molar-refractivity contribution in [1.82, 2.24) is 10.2 Å². The van der Waals surface area contributed by atoms with Crippen LogP contribution in [0.5, 0.6) is 11.5 Å². The molecule has 1 N–H and O–H groups in total. The molecular formula is C16H24IN3O3. The number of nitrogens with zero attached hydrogens (tertiary/aromatic N) is 2. The van der Waals surface area contributed by atoms with E-state index in [2.05, 4.69) is 22.3 Å². The third kappa shape index (κ3) is 4.41. The molecule has 0 bridgehead atoms.